The molecule has 0 N–H and O–H groups in total. The van der Waals surface area contributed by atoms with Crippen LogP contribution in [-0.2, 0) is 0 Å². The molecule has 0 spiro atoms. The van der Waals surface area contributed by atoms with Gasteiger partial charge in [0.2, 0.25) is 0 Å². The Balaban J connectivity index is 1.76. The summed E-state index contributed by atoms with van der Waals surface area (Å²) in [7, 11) is 0. The Hall–Kier alpha value is -1.59. The zero-order chi connectivity index (χ0) is 11.9. The highest BCUT2D eigenvalue weighted by Crippen LogP contribution is 2.15. The van der Waals surface area contributed by atoms with E-state index < -0.39 is 0 Å². The van der Waals surface area contributed by atoms with Crippen molar-refractivity contribution in [3.63, 3.8) is 0 Å². The van der Waals surface area contributed by atoms with Gasteiger partial charge in [0.15, 0.2) is 0 Å². The van der Waals surface area contributed by atoms with Crippen LogP contribution < -0.4 is 0 Å². The van der Waals surface area contributed by atoms with Gasteiger partial charge >= 0.3 is 0 Å². The maximum Gasteiger partial charge on any atom is 0.0656 e. The van der Waals surface area contributed by atoms with Crippen LogP contribution in [0, 0.1) is 17.2 Å². The van der Waals surface area contributed by atoms with Gasteiger partial charge in [-0.05, 0) is 31.5 Å². The average molecular weight is 226 g/mol. The fourth-order valence-electron chi connectivity index (χ4n) is 2.15. The van der Waals surface area contributed by atoms with Crippen LogP contribution in [0.3, 0.4) is 0 Å². The molecule has 88 valence electrons. The van der Waals surface area contributed by atoms with Gasteiger partial charge < -0.3 is 0 Å². The Morgan fingerprint density at radius 3 is 2.59 bits per heavy atom. The van der Waals surface area contributed by atoms with Gasteiger partial charge in [-0.15, -0.1) is 0 Å². The minimum atomic E-state index is 0.282. The van der Waals surface area contributed by atoms with Gasteiger partial charge in [-0.2, -0.15) is 5.26 Å². The zero-order valence-corrected chi connectivity index (χ0v) is 10.0. The normalized spacial score (nSPS) is 18.3. The predicted octanol–water partition coefficient (Wildman–Crippen LogP) is 2.94. The summed E-state index contributed by atoms with van der Waals surface area (Å²) in [4.78, 5) is 2.41. The SMILES string of the molecule is N#CC1CCN(CC=Cc2ccccc2)CC1. The third-order valence-electron chi connectivity index (χ3n) is 3.24. The van der Waals surface area contributed by atoms with Crippen LogP contribution in [0.5, 0.6) is 0 Å². The van der Waals surface area contributed by atoms with Crippen molar-refractivity contribution in [2.45, 2.75) is 12.8 Å². The van der Waals surface area contributed by atoms with Crippen molar-refractivity contribution in [3.05, 3.63) is 42.0 Å². The minimum absolute atomic E-state index is 0.282. The number of hydrogen-bond donors (Lipinski definition) is 0. The van der Waals surface area contributed by atoms with Gasteiger partial charge in [-0.3, -0.25) is 4.90 Å². The Morgan fingerprint density at radius 1 is 1.24 bits per heavy atom. The van der Waals surface area contributed by atoms with Crippen molar-refractivity contribution in [1.29, 1.82) is 5.26 Å². The van der Waals surface area contributed by atoms with Crippen LogP contribution in [0.2, 0.25) is 0 Å². The number of hydrogen-bond acceptors (Lipinski definition) is 2. The number of likely N-dealkylation sites (tertiary alicyclic amines) is 1. The zero-order valence-electron chi connectivity index (χ0n) is 10.0. The van der Waals surface area contributed by atoms with Gasteiger partial charge in [0.1, 0.15) is 0 Å². The highest BCUT2D eigenvalue weighted by Gasteiger charge is 2.17. The molecule has 1 aromatic rings. The van der Waals surface area contributed by atoms with Crippen molar-refractivity contribution in [2.75, 3.05) is 19.6 Å². The minimum Gasteiger partial charge on any atom is -0.300 e. The average Bonchev–Trinajstić information content (AvgIpc) is 2.41. The molecule has 1 heterocycles. The van der Waals surface area contributed by atoms with Crippen LogP contribution >= 0.6 is 0 Å². The smallest absolute Gasteiger partial charge is 0.0656 e. The molecule has 0 radical (unpaired) electrons. The summed E-state index contributed by atoms with van der Waals surface area (Å²) in [5.74, 6) is 0.282. The summed E-state index contributed by atoms with van der Waals surface area (Å²) >= 11 is 0. The first-order chi connectivity index (χ1) is 8.38. The van der Waals surface area contributed by atoms with Crippen LogP contribution in [0.4, 0.5) is 0 Å². The van der Waals surface area contributed by atoms with Crippen LogP contribution in [0.1, 0.15) is 18.4 Å². The van der Waals surface area contributed by atoms with Crippen LogP contribution in [0.15, 0.2) is 36.4 Å². The lowest BCUT2D eigenvalue weighted by atomic mass is 9.99. The van der Waals surface area contributed by atoms with Gasteiger partial charge in [0.25, 0.3) is 0 Å². The molecule has 1 aromatic carbocycles. The van der Waals surface area contributed by atoms with Gasteiger partial charge in [0, 0.05) is 12.5 Å². The van der Waals surface area contributed by atoms with E-state index in [2.05, 4.69) is 47.4 Å². The molecule has 0 bridgehead atoms. The second kappa shape index (κ2) is 6.22. The van der Waals surface area contributed by atoms with Crippen molar-refractivity contribution >= 4 is 6.08 Å². The molecule has 2 nitrogen and oxygen atoms in total. The molecule has 1 fully saturated rings. The maximum absolute atomic E-state index is 8.82. The van der Waals surface area contributed by atoms with Gasteiger partial charge in [0.05, 0.1) is 6.07 Å². The van der Waals surface area contributed by atoms with E-state index in [1.807, 2.05) is 6.07 Å². The molecule has 0 aromatic heterocycles. The summed E-state index contributed by atoms with van der Waals surface area (Å²) in [6.45, 7) is 3.10. The molecule has 0 amide bonds. The fourth-order valence-corrected chi connectivity index (χ4v) is 2.15. The summed E-state index contributed by atoms with van der Waals surface area (Å²) in [5.41, 5.74) is 1.25. The number of piperidine rings is 1. The first-order valence-electron chi connectivity index (χ1n) is 6.22. The molecule has 0 unspecified atom stereocenters. The third-order valence-corrected chi connectivity index (χ3v) is 3.24. The molecular weight excluding hydrogens is 208 g/mol. The monoisotopic (exact) mass is 226 g/mol. The van der Waals surface area contributed by atoms with Crippen molar-refractivity contribution in [1.82, 2.24) is 4.90 Å². The lowest BCUT2D eigenvalue weighted by molar-refractivity contribution is 0.225. The Kier molecular flexibility index (Phi) is 4.35. The van der Waals surface area contributed by atoms with E-state index in [1.54, 1.807) is 0 Å². The van der Waals surface area contributed by atoms with E-state index in [4.69, 9.17) is 5.26 Å². The first kappa shape index (κ1) is 11.9. The predicted molar refractivity (Wildman–Crippen MR) is 70.3 cm³/mol. The highest BCUT2D eigenvalue weighted by molar-refractivity contribution is 5.48. The fraction of sp³-hybridized carbons (Fsp3) is 0.400. The Morgan fingerprint density at radius 2 is 1.94 bits per heavy atom. The molecule has 2 rings (SSSR count). The summed E-state index contributed by atoms with van der Waals surface area (Å²) in [6.07, 6.45) is 6.42. The quantitative estimate of drug-likeness (QED) is 0.792. The molecular formula is C15H18N2. The summed E-state index contributed by atoms with van der Waals surface area (Å²) in [6, 6.07) is 12.7. The van der Waals surface area contributed by atoms with E-state index in [0.29, 0.717) is 0 Å². The Bertz CT molecular complexity index is 395. The molecule has 0 saturated carbocycles. The van der Waals surface area contributed by atoms with E-state index in [0.717, 1.165) is 32.5 Å². The number of nitrogens with zero attached hydrogens (tertiary/aromatic N) is 2. The van der Waals surface area contributed by atoms with Crippen LogP contribution in [-0.4, -0.2) is 24.5 Å². The van der Waals surface area contributed by atoms with Gasteiger partial charge in [-0.25, -0.2) is 0 Å². The molecule has 0 aliphatic carbocycles. The number of rotatable bonds is 3. The van der Waals surface area contributed by atoms with E-state index in [-0.39, 0.29) is 5.92 Å². The van der Waals surface area contributed by atoms with E-state index >= 15 is 0 Å². The molecule has 0 atom stereocenters. The van der Waals surface area contributed by atoms with Gasteiger partial charge in [-0.1, -0.05) is 42.5 Å². The van der Waals surface area contributed by atoms with Crippen molar-refractivity contribution < 1.29 is 0 Å². The second-order valence-electron chi connectivity index (χ2n) is 4.52. The Labute approximate surface area is 103 Å². The maximum atomic E-state index is 8.82. The third kappa shape index (κ3) is 3.72. The largest absolute Gasteiger partial charge is 0.300 e. The van der Waals surface area contributed by atoms with Crippen molar-refractivity contribution in [2.24, 2.45) is 5.92 Å². The van der Waals surface area contributed by atoms with E-state index in [1.165, 1.54) is 5.56 Å². The van der Waals surface area contributed by atoms with E-state index in [9.17, 15) is 0 Å². The number of nitriles is 1. The molecule has 1 aliphatic rings. The summed E-state index contributed by atoms with van der Waals surface area (Å²) < 4.78 is 0. The standard InChI is InChI=1S/C15H18N2/c16-13-15-8-11-17(12-9-15)10-4-7-14-5-2-1-3-6-14/h1-7,15H,8-12H2. The lowest BCUT2D eigenvalue weighted by Crippen LogP contribution is -2.33. The topological polar surface area (TPSA) is 27.0 Å². The highest BCUT2D eigenvalue weighted by atomic mass is 15.1. The molecule has 17 heavy (non-hydrogen) atoms. The number of benzene rings is 1. The van der Waals surface area contributed by atoms with Crippen molar-refractivity contribution in [3.8, 4) is 6.07 Å². The first-order valence-corrected chi connectivity index (χ1v) is 6.22. The lowest BCUT2D eigenvalue weighted by Gasteiger charge is -2.27. The molecule has 2 heteroatoms. The van der Waals surface area contributed by atoms with Crippen LogP contribution in [0.25, 0.3) is 6.08 Å². The molecule has 1 aliphatic heterocycles. The molecule has 1 saturated heterocycles. The summed E-state index contributed by atoms with van der Waals surface area (Å²) in [5, 5.41) is 8.82. The second-order valence-corrected chi connectivity index (χ2v) is 4.52.